The van der Waals surface area contributed by atoms with Crippen LogP contribution in [0.5, 0.6) is 0 Å². The number of hydrogen-bond donors (Lipinski definition) is 1. The van der Waals surface area contributed by atoms with E-state index in [-0.39, 0.29) is 6.03 Å². The monoisotopic (exact) mass is 345 g/mol. The number of anilines is 1. The highest BCUT2D eigenvalue weighted by atomic mass is 16.5. The number of urea groups is 1. The van der Waals surface area contributed by atoms with Crippen LogP contribution < -0.4 is 10.2 Å². The van der Waals surface area contributed by atoms with Gasteiger partial charge in [0.25, 0.3) is 0 Å². The lowest BCUT2D eigenvalue weighted by atomic mass is 9.97. The molecule has 6 heteroatoms. The SMILES string of the molecule is O=C(NC[C@@H]([C@H]1CCOC1)N1CCOCC1)N1CCc2ccccc21. The molecule has 1 N–H and O–H groups in total. The van der Waals surface area contributed by atoms with Crippen LogP contribution in [0.3, 0.4) is 0 Å². The third kappa shape index (κ3) is 3.66. The van der Waals surface area contributed by atoms with Crippen LogP contribution in [-0.4, -0.2) is 69.6 Å². The molecule has 3 aliphatic rings. The Kier molecular flexibility index (Phi) is 5.20. The molecule has 25 heavy (non-hydrogen) atoms. The number of fused-ring (bicyclic) bond motifs is 1. The maximum atomic E-state index is 12.8. The van der Waals surface area contributed by atoms with Crippen molar-refractivity contribution in [3.8, 4) is 0 Å². The molecule has 3 heterocycles. The molecular weight excluding hydrogens is 318 g/mol. The van der Waals surface area contributed by atoms with Crippen LogP contribution in [0.4, 0.5) is 10.5 Å². The van der Waals surface area contributed by atoms with Gasteiger partial charge in [-0.15, -0.1) is 0 Å². The van der Waals surface area contributed by atoms with Gasteiger partial charge in [0.2, 0.25) is 0 Å². The summed E-state index contributed by atoms with van der Waals surface area (Å²) in [7, 11) is 0. The second-order valence-corrected chi connectivity index (χ2v) is 7.06. The van der Waals surface area contributed by atoms with E-state index < -0.39 is 0 Å². The van der Waals surface area contributed by atoms with Gasteiger partial charge in [0, 0.05) is 50.4 Å². The van der Waals surface area contributed by atoms with Gasteiger partial charge in [-0.3, -0.25) is 9.80 Å². The molecule has 0 bridgehead atoms. The summed E-state index contributed by atoms with van der Waals surface area (Å²) < 4.78 is 11.1. The minimum absolute atomic E-state index is 0.0159. The maximum absolute atomic E-state index is 12.8. The Bertz CT molecular complexity index is 597. The average Bonchev–Trinajstić information content (AvgIpc) is 3.32. The van der Waals surface area contributed by atoms with Crippen LogP contribution in [-0.2, 0) is 15.9 Å². The van der Waals surface area contributed by atoms with Gasteiger partial charge in [0.05, 0.1) is 19.8 Å². The van der Waals surface area contributed by atoms with E-state index in [0.29, 0.717) is 18.5 Å². The molecule has 136 valence electrons. The number of para-hydroxylation sites is 1. The minimum Gasteiger partial charge on any atom is -0.381 e. The van der Waals surface area contributed by atoms with Crippen molar-refractivity contribution < 1.29 is 14.3 Å². The van der Waals surface area contributed by atoms with Crippen LogP contribution in [0.1, 0.15) is 12.0 Å². The molecule has 0 aliphatic carbocycles. The number of carbonyl (C=O) groups is 1. The van der Waals surface area contributed by atoms with E-state index in [1.54, 1.807) is 0 Å². The molecule has 1 aromatic rings. The first-order valence-electron chi connectivity index (χ1n) is 9.36. The smallest absolute Gasteiger partial charge is 0.321 e. The van der Waals surface area contributed by atoms with Gasteiger partial charge >= 0.3 is 6.03 Å². The Morgan fingerprint density at radius 1 is 1.16 bits per heavy atom. The van der Waals surface area contributed by atoms with Gasteiger partial charge in [0.1, 0.15) is 0 Å². The van der Waals surface area contributed by atoms with Crippen molar-refractivity contribution in [2.75, 3.05) is 57.5 Å². The molecule has 2 saturated heterocycles. The standard InChI is InChI=1S/C19H27N3O3/c23-19(22-7-5-15-3-1-2-4-17(15)22)20-13-18(16-6-10-25-14-16)21-8-11-24-12-9-21/h1-4,16,18H,5-14H2,(H,20,23)/t16-,18-/m0/s1. The van der Waals surface area contributed by atoms with Gasteiger partial charge in [0.15, 0.2) is 0 Å². The molecule has 0 unspecified atom stereocenters. The minimum atomic E-state index is 0.0159. The molecule has 4 rings (SSSR count). The molecule has 0 spiro atoms. The molecule has 2 amide bonds. The molecule has 6 nitrogen and oxygen atoms in total. The van der Waals surface area contributed by atoms with Crippen molar-refractivity contribution in [2.45, 2.75) is 18.9 Å². The van der Waals surface area contributed by atoms with Gasteiger partial charge < -0.3 is 14.8 Å². The first-order valence-corrected chi connectivity index (χ1v) is 9.36. The van der Waals surface area contributed by atoms with E-state index in [9.17, 15) is 4.79 Å². The maximum Gasteiger partial charge on any atom is 0.321 e. The molecule has 1 aromatic carbocycles. The predicted molar refractivity (Wildman–Crippen MR) is 96.0 cm³/mol. The number of rotatable bonds is 4. The van der Waals surface area contributed by atoms with E-state index in [4.69, 9.17) is 9.47 Å². The van der Waals surface area contributed by atoms with E-state index >= 15 is 0 Å². The second kappa shape index (κ2) is 7.72. The lowest BCUT2D eigenvalue weighted by molar-refractivity contribution is 0.00217. The van der Waals surface area contributed by atoms with Crippen LogP contribution in [0.25, 0.3) is 0 Å². The first-order chi connectivity index (χ1) is 12.3. The summed E-state index contributed by atoms with van der Waals surface area (Å²) in [5.41, 5.74) is 2.30. The van der Waals surface area contributed by atoms with E-state index in [1.165, 1.54) is 5.56 Å². The summed E-state index contributed by atoms with van der Waals surface area (Å²) in [6.45, 7) is 6.48. The Labute approximate surface area is 149 Å². The lowest BCUT2D eigenvalue weighted by Crippen LogP contribution is -2.53. The number of hydrogen-bond acceptors (Lipinski definition) is 4. The third-order valence-electron chi connectivity index (χ3n) is 5.62. The Morgan fingerprint density at radius 3 is 2.80 bits per heavy atom. The fourth-order valence-corrected chi connectivity index (χ4v) is 4.20. The second-order valence-electron chi connectivity index (χ2n) is 7.06. The van der Waals surface area contributed by atoms with Gasteiger partial charge in [-0.2, -0.15) is 0 Å². The topological polar surface area (TPSA) is 54.0 Å². The zero-order valence-corrected chi connectivity index (χ0v) is 14.7. The van der Waals surface area contributed by atoms with E-state index in [2.05, 4.69) is 16.3 Å². The van der Waals surface area contributed by atoms with Crippen molar-refractivity contribution >= 4 is 11.7 Å². The van der Waals surface area contributed by atoms with Gasteiger partial charge in [-0.1, -0.05) is 18.2 Å². The molecule has 0 aromatic heterocycles. The van der Waals surface area contributed by atoms with Gasteiger partial charge in [-0.25, -0.2) is 4.79 Å². The number of carbonyl (C=O) groups excluding carboxylic acids is 1. The lowest BCUT2D eigenvalue weighted by Gasteiger charge is -2.37. The number of nitrogens with zero attached hydrogens (tertiary/aromatic N) is 2. The largest absolute Gasteiger partial charge is 0.381 e. The molecule has 0 saturated carbocycles. The Balaban J connectivity index is 1.39. The summed E-state index contributed by atoms with van der Waals surface area (Å²) in [4.78, 5) is 17.1. The van der Waals surface area contributed by atoms with Crippen LogP contribution in [0.2, 0.25) is 0 Å². The quantitative estimate of drug-likeness (QED) is 0.898. The first kappa shape index (κ1) is 16.8. The van der Waals surface area contributed by atoms with Crippen molar-refractivity contribution in [1.82, 2.24) is 10.2 Å². The van der Waals surface area contributed by atoms with Crippen LogP contribution in [0, 0.1) is 5.92 Å². The Hall–Kier alpha value is -1.63. The molecule has 2 atom stereocenters. The zero-order chi connectivity index (χ0) is 17.1. The highest BCUT2D eigenvalue weighted by Gasteiger charge is 2.32. The molecular formula is C19H27N3O3. The summed E-state index contributed by atoms with van der Waals surface area (Å²) in [5.74, 6) is 0.490. The summed E-state index contributed by atoms with van der Waals surface area (Å²) in [6.07, 6.45) is 2.01. The van der Waals surface area contributed by atoms with E-state index in [0.717, 1.165) is 64.6 Å². The summed E-state index contributed by atoms with van der Waals surface area (Å²) in [6, 6.07) is 8.52. The average molecular weight is 345 g/mol. The molecule has 0 radical (unpaired) electrons. The van der Waals surface area contributed by atoms with Crippen molar-refractivity contribution in [3.63, 3.8) is 0 Å². The highest BCUT2D eigenvalue weighted by molar-refractivity contribution is 5.94. The van der Waals surface area contributed by atoms with Crippen molar-refractivity contribution in [2.24, 2.45) is 5.92 Å². The molecule has 3 aliphatic heterocycles. The number of ether oxygens (including phenoxy) is 2. The van der Waals surface area contributed by atoms with Crippen molar-refractivity contribution in [3.05, 3.63) is 29.8 Å². The number of nitrogens with one attached hydrogen (secondary N) is 1. The third-order valence-corrected chi connectivity index (χ3v) is 5.62. The van der Waals surface area contributed by atoms with Crippen LogP contribution >= 0.6 is 0 Å². The van der Waals surface area contributed by atoms with E-state index in [1.807, 2.05) is 23.1 Å². The number of morpholine rings is 1. The van der Waals surface area contributed by atoms with Crippen molar-refractivity contribution in [1.29, 1.82) is 0 Å². The van der Waals surface area contributed by atoms with Gasteiger partial charge in [-0.05, 0) is 24.5 Å². The zero-order valence-electron chi connectivity index (χ0n) is 14.7. The number of amides is 2. The highest BCUT2D eigenvalue weighted by Crippen LogP contribution is 2.27. The fraction of sp³-hybridized carbons (Fsp3) is 0.632. The predicted octanol–water partition coefficient (Wildman–Crippen LogP) is 1.50. The normalized spacial score (nSPS) is 25.0. The number of benzene rings is 1. The summed E-state index contributed by atoms with van der Waals surface area (Å²) in [5, 5.41) is 3.19. The van der Waals surface area contributed by atoms with Crippen LogP contribution in [0.15, 0.2) is 24.3 Å². The molecule has 2 fully saturated rings. The fourth-order valence-electron chi connectivity index (χ4n) is 4.20. The Morgan fingerprint density at radius 2 is 2.00 bits per heavy atom. The summed E-state index contributed by atoms with van der Waals surface area (Å²) >= 11 is 0.